The summed E-state index contributed by atoms with van der Waals surface area (Å²) >= 11 is 5.63. The van der Waals surface area contributed by atoms with Gasteiger partial charge in [-0.3, -0.25) is 4.79 Å². The smallest absolute Gasteiger partial charge is 0.338 e. The standard InChI is InChI=1S/C24H24N4O3.C14H19NO3.C12H8ClN3O.2CH4/c1-16-6-7-18(22(29)31-24(2,3)4)14-20(16)27-23-25-15-21(30-23)17-8-10-19(11-9-17)28-13-5-12-26-28;1-9-6-7-11(8-12(9)15-10(2)16)13(17)18-14(3,4)5;13-12-14-8-11(17-12)9-2-4-10(5-3-9)16-7-1-6-15-16;;/h5-15H,1-4H3,(H,25,27);6-8H,1-5H3,(H,15,16);1-8H;2*1H4. The van der Waals surface area contributed by atoms with Gasteiger partial charge in [0.05, 0.1) is 34.9 Å². The number of oxazole rings is 2. The molecule has 2 N–H and O–H groups in total. The van der Waals surface area contributed by atoms with E-state index in [-0.39, 0.29) is 32.1 Å². The van der Waals surface area contributed by atoms with Crippen molar-refractivity contribution < 1.29 is 32.7 Å². The summed E-state index contributed by atoms with van der Waals surface area (Å²) in [6, 6.07) is 30.2. The Kier molecular flexibility index (Phi) is 17.9. The third-order valence-electron chi connectivity index (χ3n) is 9.12. The lowest BCUT2D eigenvalue weighted by atomic mass is 10.1. The van der Waals surface area contributed by atoms with E-state index >= 15 is 0 Å². The van der Waals surface area contributed by atoms with Crippen molar-refractivity contribution in [2.45, 2.75) is 88.4 Å². The van der Waals surface area contributed by atoms with Gasteiger partial charge in [-0.15, -0.1) is 0 Å². The molecule has 0 spiro atoms. The molecule has 0 radical (unpaired) electrons. The van der Waals surface area contributed by atoms with Crippen LogP contribution in [0.4, 0.5) is 17.4 Å². The Morgan fingerprint density at radius 1 is 0.618 bits per heavy atom. The third-order valence-corrected chi connectivity index (χ3v) is 9.30. The summed E-state index contributed by atoms with van der Waals surface area (Å²) in [5.41, 5.74) is 6.80. The number of ether oxygens (including phenoxy) is 2. The minimum absolute atomic E-state index is 0. The van der Waals surface area contributed by atoms with Crippen molar-refractivity contribution >= 4 is 46.8 Å². The lowest BCUT2D eigenvalue weighted by molar-refractivity contribution is -0.114. The van der Waals surface area contributed by atoms with E-state index in [1.807, 2.05) is 135 Å². The number of hydrogen-bond donors (Lipinski definition) is 2. The maximum atomic E-state index is 12.4. The van der Waals surface area contributed by atoms with Crippen LogP contribution >= 0.6 is 11.6 Å². The Labute approximate surface area is 402 Å². The minimum Gasteiger partial charge on any atom is -0.456 e. The van der Waals surface area contributed by atoms with Crippen LogP contribution in [0.2, 0.25) is 5.35 Å². The number of amides is 1. The number of esters is 2. The molecule has 0 saturated carbocycles. The van der Waals surface area contributed by atoms with Gasteiger partial charge in [0, 0.05) is 54.2 Å². The molecular weight excluding hydrogens is 884 g/mol. The largest absolute Gasteiger partial charge is 0.456 e. The SMILES string of the molecule is C.C.CC(=O)Nc1cc(C(=O)OC(C)(C)C)ccc1C.Cc1ccc(C(=O)OC(C)(C)C)cc1Nc1ncc(-c2ccc(-n3cccn3)cc2)o1.Clc1ncc(-c2ccc(-n3cccn3)cc2)o1. The van der Waals surface area contributed by atoms with Gasteiger partial charge in [0.2, 0.25) is 5.91 Å². The average Bonchev–Trinajstić information content (AvgIpc) is 4.12. The van der Waals surface area contributed by atoms with Crippen molar-refractivity contribution in [2.75, 3.05) is 10.6 Å². The molecule has 0 aliphatic rings. The number of aromatic nitrogens is 6. The fourth-order valence-corrected chi connectivity index (χ4v) is 6.13. The highest BCUT2D eigenvalue weighted by Gasteiger charge is 2.20. The minimum atomic E-state index is -0.556. The summed E-state index contributed by atoms with van der Waals surface area (Å²) < 4.78 is 25.4. The Bertz CT molecular complexity index is 2870. The molecule has 4 aromatic heterocycles. The van der Waals surface area contributed by atoms with E-state index in [2.05, 4.69) is 30.8 Å². The number of benzene rings is 4. The number of carbonyl (C=O) groups excluding carboxylic acids is 3. The number of hydrogen-bond acceptors (Lipinski definition) is 12. The van der Waals surface area contributed by atoms with Crippen LogP contribution in [-0.4, -0.2) is 58.6 Å². The van der Waals surface area contributed by atoms with Crippen molar-refractivity contribution in [1.29, 1.82) is 0 Å². The normalized spacial score (nSPS) is 10.7. The van der Waals surface area contributed by atoms with Crippen molar-refractivity contribution in [1.82, 2.24) is 29.5 Å². The fourth-order valence-electron chi connectivity index (χ4n) is 6.00. The molecule has 68 heavy (non-hydrogen) atoms. The number of halogens is 1. The van der Waals surface area contributed by atoms with Crippen molar-refractivity contribution in [3.8, 4) is 34.0 Å². The van der Waals surface area contributed by atoms with E-state index in [0.29, 0.717) is 34.3 Å². The molecule has 8 rings (SSSR count). The summed E-state index contributed by atoms with van der Waals surface area (Å²) in [5, 5.41) is 14.4. The van der Waals surface area contributed by atoms with Gasteiger partial charge in [-0.2, -0.15) is 10.2 Å². The lowest BCUT2D eigenvalue weighted by Gasteiger charge is -2.20. The monoisotopic (exact) mass is 942 g/mol. The highest BCUT2D eigenvalue weighted by molar-refractivity contribution is 6.27. The maximum Gasteiger partial charge on any atom is 0.338 e. The van der Waals surface area contributed by atoms with Crippen LogP contribution in [0.5, 0.6) is 0 Å². The number of rotatable bonds is 9. The van der Waals surface area contributed by atoms with Gasteiger partial charge in [0.15, 0.2) is 11.5 Å². The second-order valence-electron chi connectivity index (χ2n) is 16.9. The Morgan fingerprint density at radius 2 is 1.06 bits per heavy atom. The van der Waals surface area contributed by atoms with Gasteiger partial charge in [-0.1, -0.05) is 27.0 Å². The van der Waals surface area contributed by atoms with Gasteiger partial charge in [-0.05, 0) is 163 Å². The highest BCUT2D eigenvalue weighted by Crippen LogP contribution is 2.28. The average molecular weight is 944 g/mol. The van der Waals surface area contributed by atoms with Gasteiger partial charge in [0.25, 0.3) is 11.4 Å². The first-order valence-electron chi connectivity index (χ1n) is 20.8. The van der Waals surface area contributed by atoms with Crippen molar-refractivity contribution in [2.24, 2.45) is 0 Å². The van der Waals surface area contributed by atoms with Crippen LogP contribution < -0.4 is 10.6 Å². The molecule has 0 aliphatic heterocycles. The molecule has 0 atom stereocenters. The molecule has 0 fully saturated rings. The van der Waals surface area contributed by atoms with Crippen molar-refractivity contribution in [3.05, 3.63) is 162 Å². The van der Waals surface area contributed by atoms with Crippen LogP contribution in [0.15, 0.2) is 143 Å². The second-order valence-corrected chi connectivity index (χ2v) is 17.2. The first kappa shape index (κ1) is 52.8. The molecule has 0 unspecified atom stereocenters. The van der Waals surface area contributed by atoms with E-state index in [1.165, 1.54) is 6.92 Å². The fraction of sp³-hybridized carbons (Fsp3) is 0.250. The molecular formula is C52H59ClN8O7. The molecule has 1 amide bonds. The Hall–Kier alpha value is -7.78. The number of nitrogens with one attached hydrogen (secondary N) is 2. The summed E-state index contributed by atoms with van der Waals surface area (Å²) in [4.78, 5) is 43.5. The van der Waals surface area contributed by atoms with Crippen LogP contribution in [-0.2, 0) is 14.3 Å². The molecule has 0 saturated heterocycles. The van der Waals surface area contributed by atoms with E-state index in [9.17, 15) is 14.4 Å². The van der Waals surface area contributed by atoms with Crippen LogP contribution in [0.3, 0.4) is 0 Å². The zero-order chi connectivity index (χ0) is 47.6. The van der Waals surface area contributed by atoms with Crippen LogP contribution in [0, 0.1) is 13.8 Å². The predicted octanol–water partition coefficient (Wildman–Crippen LogP) is 12.9. The first-order valence-corrected chi connectivity index (χ1v) is 21.2. The molecule has 0 bridgehead atoms. The number of anilines is 3. The summed E-state index contributed by atoms with van der Waals surface area (Å²) in [7, 11) is 0. The topological polar surface area (TPSA) is 181 Å². The molecule has 16 heteroatoms. The molecule has 4 aromatic carbocycles. The highest BCUT2D eigenvalue weighted by atomic mass is 35.5. The lowest BCUT2D eigenvalue weighted by Crippen LogP contribution is -2.24. The second kappa shape index (κ2) is 23.1. The summed E-state index contributed by atoms with van der Waals surface area (Å²) in [6.45, 7) is 16.2. The molecule has 8 aromatic rings. The Balaban J connectivity index is 0.000000235. The Morgan fingerprint density at radius 3 is 1.47 bits per heavy atom. The summed E-state index contributed by atoms with van der Waals surface area (Å²) in [6.07, 6.45) is 10.5. The van der Waals surface area contributed by atoms with Gasteiger partial charge >= 0.3 is 11.9 Å². The first-order chi connectivity index (χ1) is 31.3. The zero-order valence-corrected chi connectivity index (χ0v) is 38.9. The molecule has 15 nitrogen and oxygen atoms in total. The van der Waals surface area contributed by atoms with E-state index in [4.69, 9.17) is 29.9 Å². The van der Waals surface area contributed by atoms with Crippen LogP contribution in [0.25, 0.3) is 34.0 Å². The van der Waals surface area contributed by atoms with Gasteiger partial charge in [0.1, 0.15) is 11.2 Å². The van der Waals surface area contributed by atoms with Crippen LogP contribution in [0.1, 0.15) is 95.2 Å². The van der Waals surface area contributed by atoms with E-state index in [0.717, 1.165) is 39.3 Å². The van der Waals surface area contributed by atoms with Gasteiger partial charge < -0.3 is 28.9 Å². The molecule has 0 aliphatic carbocycles. The quantitative estimate of drug-likeness (QED) is 0.131. The van der Waals surface area contributed by atoms with E-state index in [1.54, 1.807) is 64.5 Å². The maximum absolute atomic E-state index is 12.4. The number of nitrogens with zero attached hydrogens (tertiary/aromatic N) is 6. The number of carbonyl (C=O) groups is 3. The molecule has 356 valence electrons. The zero-order valence-electron chi connectivity index (χ0n) is 38.1. The van der Waals surface area contributed by atoms with Gasteiger partial charge in [-0.25, -0.2) is 28.9 Å². The van der Waals surface area contributed by atoms with E-state index < -0.39 is 17.2 Å². The van der Waals surface area contributed by atoms with Crippen molar-refractivity contribution in [3.63, 3.8) is 0 Å². The summed E-state index contributed by atoms with van der Waals surface area (Å²) in [5.74, 6) is 0.354. The predicted molar refractivity (Wildman–Crippen MR) is 267 cm³/mol. The molecule has 4 heterocycles. The third kappa shape index (κ3) is 15.1. The number of aryl methyl sites for hydroxylation is 2.